The summed E-state index contributed by atoms with van der Waals surface area (Å²) in [6.45, 7) is 3.83. The van der Waals surface area contributed by atoms with Crippen molar-refractivity contribution in [3.05, 3.63) is 30.8 Å². The van der Waals surface area contributed by atoms with Crippen LogP contribution in [0, 0.1) is 6.92 Å². The van der Waals surface area contributed by atoms with Gasteiger partial charge in [0.1, 0.15) is 0 Å². The number of hydrogen-bond acceptors (Lipinski definition) is 3. The first kappa shape index (κ1) is 7.72. The average molecular weight is 150 g/mol. The molecule has 57 valence electrons. The van der Waals surface area contributed by atoms with Crippen LogP contribution in [0.5, 0.6) is 5.88 Å². The zero-order valence-corrected chi connectivity index (χ0v) is 5.99. The molecule has 0 unspecified atom stereocenters. The van der Waals surface area contributed by atoms with Gasteiger partial charge in [0.15, 0.2) is 6.29 Å². The van der Waals surface area contributed by atoms with Gasteiger partial charge < -0.3 is 4.74 Å². The summed E-state index contributed by atoms with van der Waals surface area (Å²) in [5.74, 6) is 0.491. The lowest BCUT2D eigenvalue weighted by Crippen LogP contribution is -1.94. The minimum Gasteiger partial charge on any atom is -0.478 e. The lowest BCUT2D eigenvalue weighted by Gasteiger charge is -1.99. The van der Waals surface area contributed by atoms with E-state index >= 15 is 0 Å². The summed E-state index contributed by atoms with van der Waals surface area (Å²) in [7, 11) is 0. The van der Waals surface area contributed by atoms with Gasteiger partial charge in [0.25, 0.3) is 0 Å². The molecule has 0 N–H and O–H groups in total. The Hall–Kier alpha value is -1.38. The van der Waals surface area contributed by atoms with Crippen molar-refractivity contribution in [1.29, 1.82) is 0 Å². The van der Waals surface area contributed by atoms with Crippen molar-refractivity contribution in [1.82, 2.24) is 4.98 Å². The van der Waals surface area contributed by atoms with Crippen molar-refractivity contribution in [2.75, 3.05) is 6.61 Å². The van der Waals surface area contributed by atoms with Crippen LogP contribution in [-0.2, 0) is 0 Å². The molecule has 0 aliphatic rings. The van der Waals surface area contributed by atoms with E-state index in [-0.39, 0.29) is 0 Å². The molecule has 0 saturated heterocycles. The third kappa shape index (κ3) is 2.04. The maximum atomic E-state index is 10.2. The molecule has 0 atom stereocenters. The van der Waals surface area contributed by atoms with Crippen LogP contribution in [0.15, 0.2) is 18.3 Å². The zero-order chi connectivity index (χ0) is 8.10. The summed E-state index contributed by atoms with van der Waals surface area (Å²) >= 11 is 0. The maximum absolute atomic E-state index is 10.2. The Kier molecular flexibility index (Phi) is 2.60. The third-order valence-electron chi connectivity index (χ3n) is 1.15. The van der Waals surface area contributed by atoms with Crippen LogP contribution in [0.1, 0.15) is 10.4 Å². The molecule has 3 heteroatoms. The van der Waals surface area contributed by atoms with Crippen LogP contribution in [0.25, 0.3) is 0 Å². The van der Waals surface area contributed by atoms with E-state index < -0.39 is 0 Å². The van der Waals surface area contributed by atoms with Crippen molar-refractivity contribution < 1.29 is 9.53 Å². The monoisotopic (exact) mass is 150 g/mol. The molecule has 1 rings (SSSR count). The molecule has 1 heterocycles. The minimum atomic E-state index is 0.341. The standard InChI is InChI=1S/C8H8NO2/c1-2-11-8-4-3-7(6-10)5-9-8/h3-6H,1-2H2. The second-order valence-electron chi connectivity index (χ2n) is 1.90. The van der Waals surface area contributed by atoms with Gasteiger partial charge in [-0.25, -0.2) is 4.98 Å². The lowest BCUT2D eigenvalue weighted by molar-refractivity contribution is 0.112. The van der Waals surface area contributed by atoms with Crippen molar-refractivity contribution in [2.45, 2.75) is 0 Å². The Morgan fingerprint density at radius 1 is 1.64 bits per heavy atom. The molecular weight excluding hydrogens is 142 g/mol. The summed E-state index contributed by atoms with van der Waals surface area (Å²) < 4.78 is 4.97. The fraction of sp³-hybridized carbons (Fsp3) is 0.125. The lowest BCUT2D eigenvalue weighted by atomic mass is 10.3. The number of aldehydes is 1. The SMILES string of the molecule is [CH2]COc1ccc(C=O)cn1. The molecule has 11 heavy (non-hydrogen) atoms. The Morgan fingerprint density at radius 3 is 2.91 bits per heavy atom. The topological polar surface area (TPSA) is 39.2 Å². The highest BCUT2D eigenvalue weighted by Gasteiger charge is 1.92. The minimum absolute atomic E-state index is 0.341. The van der Waals surface area contributed by atoms with E-state index in [1.54, 1.807) is 12.1 Å². The van der Waals surface area contributed by atoms with Gasteiger partial charge in [-0.05, 0) is 13.0 Å². The zero-order valence-electron chi connectivity index (χ0n) is 5.99. The largest absolute Gasteiger partial charge is 0.478 e. The summed E-state index contributed by atoms with van der Waals surface area (Å²) in [6, 6.07) is 3.28. The van der Waals surface area contributed by atoms with Crippen molar-refractivity contribution in [3.63, 3.8) is 0 Å². The molecule has 0 aromatic carbocycles. The average Bonchev–Trinajstić information content (AvgIpc) is 2.07. The summed E-state index contributed by atoms with van der Waals surface area (Å²) in [6.07, 6.45) is 2.19. The summed E-state index contributed by atoms with van der Waals surface area (Å²) in [5, 5.41) is 0. The van der Waals surface area contributed by atoms with Crippen LogP contribution in [0.4, 0.5) is 0 Å². The Balaban J connectivity index is 2.74. The van der Waals surface area contributed by atoms with E-state index in [0.29, 0.717) is 18.1 Å². The summed E-state index contributed by atoms with van der Waals surface area (Å²) in [4.78, 5) is 14.0. The number of carbonyl (C=O) groups excluding carboxylic acids is 1. The number of carbonyl (C=O) groups is 1. The molecule has 0 bridgehead atoms. The van der Waals surface area contributed by atoms with E-state index in [1.807, 2.05) is 0 Å². The highest BCUT2D eigenvalue weighted by molar-refractivity contribution is 5.73. The molecule has 0 saturated carbocycles. The van der Waals surface area contributed by atoms with Crippen LogP contribution in [-0.4, -0.2) is 17.9 Å². The van der Waals surface area contributed by atoms with E-state index in [0.717, 1.165) is 6.29 Å². The maximum Gasteiger partial charge on any atom is 0.213 e. The molecule has 3 nitrogen and oxygen atoms in total. The first-order valence-corrected chi connectivity index (χ1v) is 3.20. The van der Waals surface area contributed by atoms with Crippen LogP contribution in [0.3, 0.4) is 0 Å². The van der Waals surface area contributed by atoms with Crippen molar-refractivity contribution in [3.8, 4) is 5.88 Å². The van der Waals surface area contributed by atoms with E-state index in [1.165, 1.54) is 6.20 Å². The van der Waals surface area contributed by atoms with Gasteiger partial charge in [-0.1, -0.05) is 0 Å². The predicted molar refractivity (Wildman–Crippen MR) is 40.5 cm³/mol. The van der Waals surface area contributed by atoms with Crippen LogP contribution < -0.4 is 4.74 Å². The molecule has 0 fully saturated rings. The molecule has 0 aliphatic carbocycles. The first-order valence-electron chi connectivity index (χ1n) is 3.20. The number of hydrogen-bond donors (Lipinski definition) is 0. The fourth-order valence-electron chi connectivity index (χ4n) is 0.651. The van der Waals surface area contributed by atoms with Crippen molar-refractivity contribution in [2.24, 2.45) is 0 Å². The van der Waals surface area contributed by atoms with Crippen LogP contribution in [0.2, 0.25) is 0 Å². The second-order valence-corrected chi connectivity index (χ2v) is 1.90. The molecule has 1 radical (unpaired) electrons. The number of nitrogens with zero attached hydrogens (tertiary/aromatic N) is 1. The van der Waals surface area contributed by atoms with Gasteiger partial charge in [-0.15, -0.1) is 0 Å². The van der Waals surface area contributed by atoms with Gasteiger partial charge in [-0.2, -0.15) is 0 Å². The highest BCUT2D eigenvalue weighted by Crippen LogP contribution is 2.05. The van der Waals surface area contributed by atoms with Gasteiger partial charge in [0.2, 0.25) is 5.88 Å². The molecule has 1 aromatic heterocycles. The Labute approximate surface area is 65.0 Å². The van der Waals surface area contributed by atoms with Gasteiger partial charge in [0, 0.05) is 17.8 Å². The highest BCUT2D eigenvalue weighted by atomic mass is 16.5. The fourth-order valence-corrected chi connectivity index (χ4v) is 0.651. The van der Waals surface area contributed by atoms with E-state index in [2.05, 4.69) is 11.9 Å². The van der Waals surface area contributed by atoms with Gasteiger partial charge in [-0.3, -0.25) is 4.79 Å². The summed E-state index contributed by atoms with van der Waals surface area (Å²) in [5.41, 5.74) is 0.543. The molecule has 0 amide bonds. The normalized spacial score (nSPS) is 9.18. The number of rotatable bonds is 3. The smallest absolute Gasteiger partial charge is 0.213 e. The Morgan fingerprint density at radius 2 is 2.45 bits per heavy atom. The number of ether oxygens (including phenoxy) is 1. The quantitative estimate of drug-likeness (QED) is 0.606. The van der Waals surface area contributed by atoms with Crippen molar-refractivity contribution >= 4 is 6.29 Å². The van der Waals surface area contributed by atoms with Gasteiger partial charge >= 0.3 is 0 Å². The molecular formula is C8H8NO2. The third-order valence-corrected chi connectivity index (χ3v) is 1.15. The molecule has 0 spiro atoms. The number of aromatic nitrogens is 1. The Bertz CT molecular complexity index is 230. The molecule has 0 aliphatic heterocycles. The van der Waals surface area contributed by atoms with Gasteiger partial charge in [0.05, 0.1) is 6.61 Å². The number of pyridine rings is 1. The first-order chi connectivity index (χ1) is 5.36. The van der Waals surface area contributed by atoms with Crippen LogP contribution >= 0.6 is 0 Å². The predicted octanol–water partition coefficient (Wildman–Crippen LogP) is 1.11. The molecule has 1 aromatic rings. The van der Waals surface area contributed by atoms with E-state index in [9.17, 15) is 4.79 Å². The second kappa shape index (κ2) is 3.71. The van der Waals surface area contributed by atoms with E-state index in [4.69, 9.17) is 4.74 Å².